The summed E-state index contributed by atoms with van der Waals surface area (Å²) >= 11 is 0. The lowest BCUT2D eigenvalue weighted by molar-refractivity contribution is -0.470. The van der Waals surface area contributed by atoms with Gasteiger partial charge in [-0.15, -0.1) is 0 Å². The number of hydrogen-bond donors (Lipinski definition) is 1. The molecule has 0 aliphatic carbocycles. The first kappa shape index (κ1) is 25.1. The Morgan fingerprint density at radius 1 is 1.00 bits per heavy atom. The molecule has 31 heavy (non-hydrogen) atoms. The van der Waals surface area contributed by atoms with Gasteiger partial charge in [0.05, 0.1) is 5.57 Å². The van der Waals surface area contributed by atoms with Gasteiger partial charge < -0.3 is 10.6 Å². The molecular formula is C28H44N3+. The monoisotopic (exact) mass is 422 g/mol. The number of benzene rings is 1. The first-order valence-corrected chi connectivity index (χ1v) is 12.3. The minimum absolute atomic E-state index is 0.475. The van der Waals surface area contributed by atoms with Crippen molar-refractivity contribution >= 4 is 11.4 Å². The lowest BCUT2D eigenvalue weighted by Crippen LogP contribution is -2.22. The number of rotatable bonds is 12. The molecule has 0 radical (unpaired) electrons. The molecule has 0 fully saturated rings. The molecule has 1 aliphatic rings. The second-order valence-corrected chi connectivity index (χ2v) is 8.55. The van der Waals surface area contributed by atoms with E-state index in [4.69, 9.17) is 5.73 Å². The third kappa shape index (κ3) is 5.98. The van der Waals surface area contributed by atoms with Crippen LogP contribution in [0.25, 0.3) is 0 Å². The topological polar surface area (TPSA) is 32.3 Å². The van der Waals surface area contributed by atoms with E-state index in [0.717, 1.165) is 45.4 Å². The van der Waals surface area contributed by atoms with E-state index in [1.807, 2.05) is 0 Å². The van der Waals surface area contributed by atoms with Crippen molar-refractivity contribution in [3.63, 3.8) is 0 Å². The zero-order chi connectivity index (χ0) is 22.8. The second kappa shape index (κ2) is 12.7. The minimum atomic E-state index is 0.475. The largest absolute Gasteiger partial charge is 0.372 e. The van der Waals surface area contributed by atoms with Crippen molar-refractivity contribution in [2.24, 2.45) is 11.7 Å². The fourth-order valence-electron chi connectivity index (χ4n) is 4.59. The Morgan fingerprint density at radius 2 is 1.68 bits per heavy atom. The molecule has 0 unspecified atom stereocenters. The highest BCUT2D eigenvalue weighted by atomic mass is 15.1. The van der Waals surface area contributed by atoms with E-state index >= 15 is 0 Å². The summed E-state index contributed by atoms with van der Waals surface area (Å²) in [6.07, 6.45) is 11.4. The summed E-state index contributed by atoms with van der Waals surface area (Å²) in [5, 5.41) is 0. The molecule has 1 aliphatic heterocycles. The van der Waals surface area contributed by atoms with Crippen LogP contribution in [0.1, 0.15) is 72.8 Å². The number of anilines is 1. The summed E-state index contributed by atoms with van der Waals surface area (Å²) in [4.78, 5) is 2.40. The van der Waals surface area contributed by atoms with Crippen LogP contribution in [0, 0.1) is 5.92 Å². The Labute approximate surface area is 191 Å². The van der Waals surface area contributed by atoms with Gasteiger partial charge in [0.1, 0.15) is 6.54 Å². The Kier molecular flexibility index (Phi) is 10.3. The average Bonchev–Trinajstić information content (AvgIpc) is 3.06. The van der Waals surface area contributed by atoms with E-state index in [2.05, 4.69) is 93.5 Å². The zero-order valence-corrected chi connectivity index (χ0v) is 20.7. The van der Waals surface area contributed by atoms with Crippen LogP contribution in [0.15, 0.2) is 59.3 Å². The molecule has 1 aromatic carbocycles. The second-order valence-electron chi connectivity index (χ2n) is 8.55. The van der Waals surface area contributed by atoms with Crippen LogP contribution in [-0.2, 0) is 0 Å². The predicted molar refractivity (Wildman–Crippen MR) is 137 cm³/mol. The summed E-state index contributed by atoms with van der Waals surface area (Å²) in [5.41, 5.74) is 14.0. The molecule has 170 valence electrons. The van der Waals surface area contributed by atoms with Gasteiger partial charge >= 0.3 is 0 Å². The normalized spacial score (nSPS) is 15.9. The van der Waals surface area contributed by atoms with Gasteiger partial charge in [-0.05, 0) is 82.8 Å². The molecule has 0 atom stereocenters. The highest BCUT2D eigenvalue weighted by Crippen LogP contribution is 2.35. The molecule has 2 rings (SSSR count). The molecule has 3 heteroatoms. The van der Waals surface area contributed by atoms with Gasteiger partial charge in [0.2, 0.25) is 11.4 Å². The molecule has 2 N–H and O–H groups in total. The molecule has 0 amide bonds. The van der Waals surface area contributed by atoms with Gasteiger partial charge in [-0.2, -0.15) is 4.58 Å². The maximum absolute atomic E-state index is 5.75. The molecule has 1 aromatic rings. The van der Waals surface area contributed by atoms with Crippen molar-refractivity contribution in [2.45, 2.75) is 67.2 Å². The Hall–Kier alpha value is -2.13. The molecule has 0 saturated carbocycles. The number of nitrogens with two attached hydrogens (primary N) is 1. The molecule has 0 bridgehead atoms. The third-order valence-corrected chi connectivity index (χ3v) is 6.05. The van der Waals surface area contributed by atoms with Crippen molar-refractivity contribution in [1.82, 2.24) is 0 Å². The molecule has 3 nitrogen and oxygen atoms in total. The zero-order valence-electron chi connectivity index (χ0n) is 20.7. The smallest absolute Gasteiger partial charge is 0.220 e. The lowest BCUT2D eigenvalue weighted by atomic mass is 9.92. The van der Waals surface area contributed by atoms with Crippen LogP contribution in [-0.4, -0.2) is 36.5 Å². The first-order chi connectivity index (χ1) is 15.0. The van der Waals surface area contributed by atoms with Crippen LogP contribution in [0.2, 0.25) is 0 Å². The van der Waals surface area contributed by atoms with E-state index in [-0.39, 0.29) is 0 Å². The van der Waals surface area contributed by atoms with E-state index < -0.39 is 0 Å². The van der Waals surface area contributed by atoms with E-state index in [1.165, 1.54) is 40.2 Å². The molecular weight excluding hydrogens is 378 g/mol. The summed E-state index contributed by atoms with van der Waals surface area (Å²) in [7, 11) is 0. The van der Waals surface area contributed by atoms with Crippen LogP contribution >= 0.6 is 0 Å². The van der Waals surface area contributed by atoms with E-state index in [1.54, 1.807) is 0 Å². The standard InChI is InChI=1S/C28H44N3/c1-7-14-25-27(22(5)6)26(15-8-2)31(21-13-11-12-20-29)28(25)23-16-18-24(19-17-23)30(9-3)10-4/h7,14-19,22H,8-13,20-21,29H2,1-6H3/q+1/b14-7-,26-15+. The van der Waals surface area contributed by atoms with Crippen molar-refractivity contribution < 1.29 is 4.58 Å². The Bertz CT molecular complexity index is 818. The van der Waals surface area contributed by atoms with Gasteiger partial charge in [0.15, 0.2) is 0 Å². The number of nitrogens with zero attached hydrogens (tertiary/aromatic N) is 2. The molecule has 0 aromatic heterocycles. The number of hydrogen-bond acceptors (Lipinski definition) is 2. The van der Waals surface area contributed by atoms with Gasteiger partial charge in [-0.3, -0.25) is 0 Å². The highest BCUT2D eigenvalue weighted by Gasteiger charge is 2.37. The summed E-state index contributed by atoms with van der Waals surface area (Å²) < 4.78 is 2.58. The van der Waals surface area contributed by atoms with Crippen molar-refractivity contribution in [3.8, 4) is 0 Å². The summed E-state index contributed by atoms with van der Waals surface area (Å²) in [5.74, 6) is 0.475. The van der Waals surface area contributed by atoms with E-state index in [0.29, 0.717) is 5.92 Å². The van der Waals surface area contributed by atoms with Crippen LogP contribution in [0.4, 0.5) is 5.69 Å². The van der Waals surface area contributed by atoms with Gasteiger partial charge in [-0.1, -0.05) is 32.9 Å². The van der Waals surface area contributed by atoms with E-state index in [9.17, 15) is 0 Å². The molecule has 1 heterocycles. The minimum Gasteiger partial charge on any atom is -0.372 e. The summed E-state index contributed by atoms with van der Waals surface area (Å²) in [6.45, 7) is 17.3. The van der Waals surface area contributed by atoms with Gasteiger partial charge in [0.25, 0.3) is 0 Å². The first-order valence-electron chi connectivity index (χ1n) is 12.3. The average molecular weight is 423 g/mol. The van der Waals surface area contributed by atoms with Crippen molar-refractivity contribution in [1.29, 1.82) is 0 Å². The van der Waals surface area contributed by atoms with Crippen molar-refractivity contribution in [3.05, 3.63) is 64.9 Å². The predicted octanol–water partition coefficient (Wildman–Crippen LogP) is 6.30. The van der Waals surface area contributed by atoms with Crippen LogP contribution in [0.5, 0.6) is 0 Å². The van der Waals surface area contributed by atoms with Gasteiger partial charge in [-0.25, -0.2) is 0 Å². The maximum atomic E-state index is 5.75. The SMILES string of the molecule is C/C=C\C1=C(C(C)C)C(=C\CC)/[N+](CCCCCN)=C1c1ccc(N(CC)CC)cc1. The third-order valence-electron chi connectivity index (χ3n) is 6.05. The molecule has 0 spiro atoms. The highest BCUT2D eigenvalue weighted by molar-refractivity contribution is 6.13. The fourth-order valence-corrected chi connectivity index (χ4v) is 4.59. The Balaban J connectivity index is 2.62. The fraction of sp³-hybridized carbons (Fsp3) is 0.536. The Morgan fingerprint density at radius 3 is 2.19 bits per heavy atom. The number of allylic oxidation sites excluding steroid dienone is 5. The van der Waals surface area contributed by atoms with Crippen molar-refractivity contribution in [2.75, 3.05) is 31.1 Å². The lowest BCUT2D eigenvalue weighted by Gasteiger charge is -2.21. The maximum Gasteiger partial charge on any atom is 0.220 e. The van der Waals surface area contributed by atoms with Crippen LogP contribution < -0.4 is 10.6 Å². The summed E-state index contributed by atoms with van der Waals surface area (Å²) in [6, 6.07) is 9.19. The van der Waals surface area contributed by atoms with Gasteiger partial charge in [0, 0.05) is 36.3 Å². The quantitative estimate of drug-likeness (QED) is 0.317. The van der Waals surface area contributed by atoms with Crippen LogP contribution in [0.3, 0.4) is 0 Å². The number of unbranched alkanes of at least 4 members (excludes halogenated alkanes) is 2. The molecule has 0 saturated heterocycles.